The smallest absolute Gasteiger partial charge is 0.221 e. The van der Waals surface area contributed by atoms with Crippen molar-refractivity contribution in [1.82, 2.24) is 0 Å². The fourth-order valence-electron chi connectivity index (χ4n) is 1.75. The van der Waals surface area contributed by atoms with Crippen LogP contribution < -0.4 is 15.8 Å². The normalized spacial score (nSPS) is 10.1. The van der Waals surface area contributed by atoms with E-state index in [1.807, 2.05) is 12.1 Å². The van der Waals surface area contributed by atoms with E-state index in [9.17, 15) is 4.79 Å². The Morgan fingerprint density at radius 2 is 2.05 bits per heavy atom. The van der Waals surface area contributed by atoms with Crippen LogP contribution in [-0.4, -0.2) is 5.91 Å². The summed E-state index contributed by atoms with van der Waals surface area (Å²) in [5.41, 5.74) is 7.77. The van der Waals surface area contributed by atoms with Gasteiger partial charge in [-0.25, -0.2) is 0 Å². The molecule has 0 aliphatic heterocycles. The van der Waals surface area contributed by atoms with Crippen molar-refractivity contribution < 1.29 is 9.53 Å². The molecule has 4 nitrogen and oxygen atoms in total. The van der Waals surface area contributed by atoms with Gasteiger partial charge in [0.05, 0.1) is 5.69 Å². The molecule has 1 amide bonds. The van der Waals surface area contributed by atoms with Gasteiger partial charge in [-0.3, -0.25) is 4.79 Å². The SMILES string of the molecule is CC(=O)Nc1ccccc1OCc1cc(N)ccc1Cl. The number of carbonyl (C=O) groups excluding carboxylic acids is 1. The lowest BCUT2D eigenvalue weighted by Gasteiger charge is -2.12. The van der Waals surface area contributed by atoms with E-state index in [0.717, 1.165) is 5.56 Å². The summed E-state index contributed by atoms with van der Waals surface area (Å²) in [6, 6.07) is 12.5. The first-order chi connectivity index (χ1) is 9.56. The van der Waals surface area contributed by atoms with Crippen molar-refractivity contribution in [2.75, 3.05) is 11.1 Å². The van der Waals surface area contributed by atoms with Crippen molar-refractivity contribution in [3.05, 3.63) is 53.1 Å². The van der Waals surface area contributed by atoms with E-state index >= 15 is 0 Å². The molecular weight excluding hydrogens is 276 g/mol. The zero-order valence-electron chi connectivity index (χ0n) is 11.0. The van der Waals surface area contributed by atoms with Gasteiger partial charge in [0.15, 0.2) is 0 Å². The summed E-state index contributed by atoms with van der Waals surface area (Å²) in [5.74, 6) is 0.434. The molecule has 104 valence electrons. The van der Waals surface area contributed by atoms with E-state index in [2.05, 4.69) is 5.32 Å². The van der Waals surface area contributed by atoms with Crippen LogP contribution in [-0.2, 0) is 11.4 Å². The molecule has 0 unspecified atom stereocenters. The summed E-state index contributed by atoms with van der Waals surface area (Å²) in [6.45, 7) is 1.73. The summed E-state index contributed by atoms with van der Waals surface area (Å²) in [7, 11) is 0. The molecule has 2 aromatic rings. The standard InChI is InChI=1S/C15H15ClN2O2/c1-10(19)18-14-4-2-3-5-15(14)20-9-11-8-12(17)6-7-13(11)16/h2-8H,9,17H2,1H3,(H,18,19). The Labute approximate surface area is 122 Å². The van der Waals surface area contributed by atoms with Gasteiger partial charge in [-0.1, -0.05) is 23.7 Å². The third-order valence-corrected chi connectivity index (χ3v) is 3.02. The van der Waals surface area contributed by atoms with Gasteiger partial charge >= 0.3 is 0 Å². The van der Waals surface area contributed by atoms with E-state index in [1.165, 1.54) is 6.92 Å². The second-order valence-corrected chi connectivity index (χ2v) is 4.72. The number of halogens is 1. The lowest BCUT2D eigenvalue weighted by molar-refractivity contribution is -0.114. The Bertz CT molecular complexity index is 629. The van der Waals surface area contributed by atoms with Crippen molar-refractivity contribution in [2.45, 2.75) is 13.5 Å². The van der Waals surface area contributed by atoms with Crippen LogP contribution in [0, 0.1) is 0 Å². The van der Waals surface area contributed by atoms with Crippen LogP contribution in [0.1, 0.15) is 12.5 Å². The number of ether oxygens (including phenoxy) is 1. The number of nitrogens with two attached hydrogens (primary N) is 1. The zero-order chi connectivity index (χ0) is 14.5. The van der Waals surface area contributed by atoms with E-state index in [0.29, 0.717) is 22.1 Å². The number of benzene rings is 2. The molecule has 5 heteroatoms. The van der Waals surface area contributed by atoms with Crippen LogP contribution in [0.3, 0.4) is 0 Å². The minimum absolute atomic E-state index is 0.150. The summed E-state index contributed by atoms with van der Waals surface area (Å²) >= 11 is 6.08. The van der Waals surface area contributed by atoms with E-state index in [1.54, 1.807) is 30.3 Å². The molecular formula is C15H15ClN2O2. The lowest BCUT2D eigenvalue weighted by Crippen LogP contribution is -2.08. The maximum Gasteiger partial charge on any atom is 0.221 e. The Kier molecular flexibility index (Phi) is 4.48. The topological polar surface area (TPSA) is 64.3 Å². The monoisotopic (exact) mass is 290 g/mol. The Balaban J connectivity index is 2.14. The molecule has 0 aromatic heterocycles. The third-order valence-electron chi connectivity index (χ3n) is 2.65. The van der Waals surface area contributed by atoms with Crippen LogP contribution in [0.15, 0.2) is 42.5 Å². The highest BCUT2D eigenvalue weighted by Gasteiger charge is 2.06. The van der Waals surface area contributed by atoms with Gasteiger partial charge in [-0.2, -0.15) is 0 Å². The Morgan fingerprint density at radius 3 is 2.80 bits per heavy atom. The molecule has 2 aromatic carbocycles. The van der Waals surface area contributed by atoms with E-state index in [-0.39, 0.29) is 12.5 Å². The van der Waals surface area contributed by atoms with E-state index < -0.39 is 0 Å². The van der Waals surface area contributed by atoms with Gasteiger partial charge < -0.3 is 15.8 Å². The molecule has 0 fully saturated rings. The number of amides is 1. The number of rotatable bonds is 4. The summed E-state index contributed by atoms with van der Waals surface area (Å²) in [6.07, 6.45) is 0. The van der Waals surface area contributed by atoms with Crippen molar-refractivity contribution >= 4 is 28.9 Å². The molecule has 0 atom stereocenters. The fourth-order valence-corrected chi connectivity index (χ4v) is 1.92. The molecule has 0 aliphatic carbocycles. The fraction of sp³-hybridized carbons (Fsp3) is 0.133. The molecule has 0 heterocycles. The molecule has 0 aliphatic rings. The lowest BCUT2D eigenvalue weighted by atomic mass is 10.2. The quantitative estimate of drug-likeness (QED) is 0.848. The molecule has 0 saturated heterocycles. The maximum atomic E-state index is 11.1. The number of carbonyl (C=O) groups is 1. The molecule has 2 rings (SSSR count). The van der Waals surface area contributed by atoms with Crippen LogP contribution in [0.25, 0.3) is 0 Å². The molecule has 0 radical (unpaired) electrons. The average Bonchev–Trinajstić information content (AvgIpc) is 2.41. The number of para-hydroxylation sites is 2. The predicted octanol–water partition coefficient (Wildman–Crippen LogP) is 3.46. The van der Waals surface area contributed by atoms with Gasteiger partial charge in [0.25, 0.3) is 0 Å². The maximum absolute atomic E-state index is 11.1. The first-order valence-corrected chi connectivity index (χ1v) is 6.47. The molecule has 0 saturated carbocycles. The number of hydrogen-bond acceptors (Lipinski definition) is 3. The van der Waals surface area contributed by atoms with Gasteiger partial charge in [0, 0.05) is 23.2 Å². The molecule has 0 bridgehead atoms. The van der Waals surface area contributed by atoms with Crippen molar-refractivity contribution in [2.24, 2.45) is 0 Å². The number of nitrogen functional groups attached to an aromatic ring is 1. The first-order valence-electron chi connectivity index (χ1n) is 6.09. The first kappa shape index (κ1) is 14.2. The third kappa shape index (κ3) is 3.65. The van der Waals surface area contributed by atoms with Gasteiger partial charge in [0.2, 0.25) is 5.91 Å². The highest BCUT2D eigenvalue weighted by Crippen LogP contribution is 2.26. The molecule has 0 spiro atoms. The highest BCUT2D eigenvalue weighted by atomic mass is 35.5. The van der Waals surface area contributed by atoms with Crippen molar-refractivity contribution in [1.29, 1.82) is 0 Å². The van der Waals surface area contributed by atoms with Crippen molar-refractivity contribution in [3.63, 3.8) is 0 Å². The van der Waals surface area contributed by atoms with Gasteiger partial charge in [-0.05, 0) is 30.3 Å². The van der Waals surface area contributed by atoms with Gasteiger partial charge in [-0.15, -0.1) is 0 Å². The Hall–Kier alpha value is -2.20. The Morgan fingerprint density at radius 1 is 1.30 bits per heavy atom. The number of anilines is 2. The minimum Gasteiger partial charge on any atom is -0.487 e. The van der Waals surface area contributed by atoms with Crippen LogP contribution in [0.5, 0.6) is 5.75 Å². The summed E-state index contributed by atoms with van der Waals surface area (Å²) in [4.78, 5) is 11.1. The van der Waals surface area contributed by atoms with E-state index in [4.69, 9.17) is 22.1 Å². The number of hydrogen-bond donors (Lipinski definition) is 2. The second kappa shape index (κ2) is 6.30. The van der Waals surface area contributed by atoms with Crippen LogP contribution in [0.4, 0.5) is 11.4 Å². The largest absolute Gasteiger partial charge is 0.487 e. The summed E-state index contributed by atoms with van der Waals surface area (Å²) in [5, 5.41) is 3.31. The van der Waals surface area contributed by atoms with Crippen molar-refractivity contribution in [3.8, 4) is 5.75 Å². The second-order valence-electron chi connectivity index (χ2n) is 4.32. The minimum atomic E-state index is -0.150. The summed E-state index contributed by atoms with van der Waals surface area (Å²) < 4.78 is 5.71. The van der Waals surface area contributed by atoms with Gasteiger partial charge in [0.1, 0.15) is 12.4 Å². The zero-order valence-corrected chi connectivity index (χ0v) is 11.8. The average molecular weight is 291 g/mol. The molecule has 20 heavy (non-hydrogen) atoms. The highest BCUT2D eigenvalue weighted by molar-refractivity contribution is 6.31. The number of nitrogens with one attached hydrogen (secondary N) is 1. The van der Waals surface area contributed by atoms with Crippen LogP contribution >= 0.6 is 11.6 Å². The van der Waals surface area contributed by atoms with Crippen LogP contribution in [0.2, 0.25) is 5.02 Å². The predicted molar refractivity (Wildman–Crippen MR) is 80.9 cm³/mol. The molecule has 3 N–H and O–H groups in total.